The highest BCUT2D eigenvalue weighted by molar-refractivity contribution is 7.12. The number of nitrogens with one attached hydrogen (secondary N) is 1. The third kappa shape index (κ3) is 2.66. The summed E-state index contributed by atoms with van der Waals surface area (Å²) in [6.45, 7) is 3.40. The first-order chi connectivity index (χ1) is 10.8. The molecule has 3 fully saturated rings. The van der Waals surface area contributed by atoms with Crippen molar-refractivity contribution in [2.45, 2.75) is 18.9 Å². The number of nitrogens with zero attached hydrogens (tertiary/aromatic N) is 2. The molecule has 3 saturated heterocycles. The normalized spacial score (nSPS) is 26.8. The van der Waals surface area contributed by atoms with E-state index in [-0.39, 0.29) is 5.91 Å². The van der Waals surface area contributed by atoms with Gasteiger partial charge < -0.3 is 10.2 Å². The summed E-state index contributed by atoms with van der Waals surface area (Å²) in [7, 11) is 0. The summed E-state index contributed by atoms with van der Waals surface area (Å²) in [5.74, 6) is 0.727. The number of pyridine rings is 1. The van der Waals surface area contributed by atoms with Gasteiger partial charge in [0.25, 0.3) is 5.91 Å². The number of fused-ring (bicyclic) bond motifs is 3. The Hall–Kier alpha value is -1.72. The van der Waals surface area contributed by atoms with Crippen LogP contribution in [0.25, 0.3) is 11.1 Å². The van der Waals surface area contributed by atoms with Gasteiger partial charge in [-0.25, -0.2) is 0 Å². The molecule has 2 bridgehead atoms. The molecule has 0 spiro atoms. The topological polar surface area (TPSA) is 45.2 Å². The highest BCUT2D eigenvalue weighted by Crippen LogP contribution is 2.29. The van der Waals surface area contributed by atoms with Crippen LogP contribution in [0, 0.1) is 5.92 Å². The van der Waals surface area contributed by atoms with E-state index in [2.05, 4.69) is 15.2 Å². The SMILES string of the molecule is O=C(N[C@H]1CN2CCC1CC2)c1cc(-c2cccnc2)cs1. The molecule has 2 aromatic heterocycles. The minimum atomic E-state index is 0.0684. The number of hydrogen-bond donors (Lipinski definition) is 1. The van der Waals surface area contributed by atoms with E-state index in [1.807, 2.05) is 29.8 Å². The lowest BCUT2D eigenvalue weighted by Gasteiger charge is -2.44. The van der Waals surface area contributed by atoms with Crippen molar-refractivity contribution in [3.8, 4) is 11.1 Å². The maximum atomic E-state index is 12.5. The Labute approximate surface area is 134 Å². The van der Waals surface area contributed by atoms with Gasteiger partial charge in [0, 0.05) is 30.5 Å². The van der Waals surface area contributed by atoms with E-state index in [1.165, 1.54) is 37.3 Å². The molecule has 5 rings (SSSR count). The molecule has 1 N–H and O–H groups in total. The molecular weight excluding hydrogens is 294 g/mol. The summed E-state index contributed by atoms with van der Waals surface area (Å²) in [5.41, 5.74) is 2.12. The summed E-state index contributed by atoms with van der Waals surface area (Å²) in [6.07, 6.45) is 6.03. The van der Waals surface area contributed by atoms with Gasteiger partial charge in [-0.2, -0.15) is 0 Å². The Kier molecular flexibility index (Phi) is 3.68. The van der Waals surface area contributed by atoms with E-state index < -0.39 is 0 Å². The molecule has 3 aliphatic heterocycles. The Morgan fingerprint density at radius 1 is 1.32 bits per heavy atom. The second-order valence-electron chi connectivity index (χ2n) is 6.16. The van der Waals surface area contributed by atoms with Gasteiger partial charge in [0.15, 0.2) is 0 Å². The number of rotatable bonds is 3. The van der Waals surface area contributed by atoms with E-state index in [9.17, 15) is 4.79 Å². The number of amides is 1. The third-order valence-corrected chi connectivity index (χ3v) is 5.72. The predicted molar refractivity (Wildman–Crippen MR) is 88.0 cm³/mol. The van der Waals surface area contributed by atoms with Crippen molar-refractivity contribution >= 4 is 17.2 Å². The average molecular weight is 313 g/mol. The summed E-state index contributed by atoms with van der Waals surface area (Å²) in [6, 6.07) is 6.22. The van der Waals surface area contributed by atoms with Crippen LogP contribution in [0.3, 0.4) is 0 Å². The van der Waals surface area contributed by atoms with Crippen LogP contribution in [0.15, 0.2) is 36.0 Å². The molecule has 5 heteroatoms. The lowest BCUT2D eigenvalue weighted by Crippen LogP contribution is -2.57. The van der Waals surface area contributed by atoms with Crippen molar-refractivity contribution in [3.05, 3.63) is 40.8 Å². The van der Waals surface area contributed by atoms with Crippen LogP contribution in [0.2, 0.25) is 0 Å². The smallest absolute Gasteiger partial charge is 0.261 e. The molecule has 0 aliphatic carbocycles. The molecule has 4 nitrogen and oxygen atoms in total. The molecule has 2 aromatic rings. The summed E-state index contributed by atoms with van der Waals surface area (Å²) in [4.78, 5) is 19.9. The van der Waals surface area contributed by atoms with Gasteiger partial charge in [0.05, 0.1) is 4.88 Å². The molecule has 22 heavy (non-hydrogen) atoms. The van der Waals surface area contributed by atoms with E-state index >= 15 is 0 Å². The van der Waals surface area contributed by atoms with Crippen LogP contribution in [0.1, 0.15) is 22.5 Å². The first kappa shape index (κ1) is 13.9. The second kappa shape index (κ2) is 5.82. The zero-order valence-electron chi connectivity index (χ0n) is 12.4. The predicted octanol–water partition coefficient (Wildman–Crippen LogP) is 2.63. The molecule has 0 saturated carbocycles. The Morgan fingerprint density at radius 3 is 2.86 bits per heavy atom. The zero-order chi connectivity index (χ0) is 14.9. The van der Waals surface area contributed by atoms with Crippen molar-refractivity contribution in [2.24, 2.45) is 5.92 Å². The van der Waals surface area contributed by atoms with E-state index in [1.54, 1.807) is 6.20 Å². The van der Waals surface area contributed by atoms with Crippen LogP contribution >= 0.6 is 11.3 Å². The fourth-order valence-corrected chi connectivity index (χ4v) is 4.33. The quantitative estimate of drug-likeness (QED) is 0.947. The Morgan fingerprint density at radius 2 is 2.18 bits per heavy atom. The Balaban J connectivity index is 1.46. The maximum absolute atomic E-state index is 12.5. The molecule has 114 valence electrons. The molecule has 0 aromatic carbocycles. The van der Waals surface area contributed by atoms with E-state index in [4.69, 9.17) is 0 Å². The largest absolute Gasteiger partial charge is 0.347 e. The molecular formula is C17H19N3OS. The molecule has 3 aliphatic rings. The minimum absolute atomic E-state index is 0.0684. The molecule has 1 atom stereocenters. The fraction of sp³-hybridized carbons (Fsp3) is 0.412. The van der Waals surface area contributed by atoms with Gasteiger partial charge >= 0.3 is 0 Å². The highest BCUT2D eigenvalue weighted by Gasteiger charge is 2.35. The number of carbonyl (C=O) groups is 1. The molecule has 0 radical (unpaired) electrons. The van der Waals surface area contributed by atoms with Crippen LogP contribution in [0.4, 0.5) is 0 Å². The molecule has 0 unspecified atom stereocenters. The van der Waals surface area contributed by atoms with Crippen molar-refractivity contribution in [3.63, 3.8) is 0 Å². The second-order valence-corrected chi connectivity index (χ2v) is 7.07. The number of hydrogen-bond acceptors (Lipinski definition) is 4. The van der Waals surface area contributed by atoms with Crippen LogP contribution < -0.4 is 5.32 Å². The highest BCUT2D eigenvalue weighted by atomic mass is 32.1. The van der Waals surface area contributed by atoms with Crippen molar-refractivity contribution in [1.82, 2.24) is 15.2 Å². The summed E-state index contributed by atoms with van der Waals surface area (Å²) >= 11 is 1.51. The fourth-order valence-electron chi connectivity index (χ4n) is 3.51. The lowest BCUT2D eigenvalue weighted by molar-refractivity contribution is 0.0622. The number of aromatic nitrogens is 1. The van der Waals surface area contributed by atoms with Gasteiger partial charge in [-0.3, -0.25) is 9.78 Å². The Bertz CT molecular complexity index is 662. The van der Waals surface area contributed by atoms with Crippen LogP contribution in [0.5, 0.6) is 0 Å². The van der Waals surface area contributed by atoms with Gasteiger partial charge in [0.1, 0.15) is 0 Å². The number of thiophene rings is 1. The first-order valence-electron chi connectivity index (χ1n) is 7.82. The van der Waals surface area contributed by atoms with Gasteiger partial charge in [-0.1, -0.05) is 6.07 Å². The summed E-state index contributed by atoms with van der Waals surface area (Å²) in [5, 5.41) is 5.28. The van der Waals surface area contributed by atoms with Crippen molar-refractivity contribution in [1.29, 1.82) is 0 Å². The lowest BCUT2D eigenvalue weighted by atomic mass is 9.84. The average Bonchev–Trinajstić information content (AvgIpc) is 3.07. The zero-order valence-corrected chi connectivity index (χ0v) is 13.2. The summed E-state index contributed by atoms with van der Waals surface area (Å²) < 4.78 is 0. The number of carbonyl (C=O) groups excluding carboxylic acids is 1. The third-order valence-electron chi connectivity index (χ3n) is 4.79. The van der Waals surface area contributed by atoms with Gasteiger partial charge in [-0.05, 0) is 54.9 Å². The standard InChI is InChI=1S/C17H19N3OS/c21-17(19-15-10-20-6-3-12(15)4-7-20)16-8-14(11-22-16)13-2-1-5-18-9-13/h1-2,5,8-9,11-12,15H,3-4,6-7,10H2,(H,19,21)/t15-/m0/s1. The van der Waals surface area contributed by atoms with Gasteiger partial charge in [0.2, 0.25) is 0 Å². The van der Waals surface area contributed by atoms with E-state index in [0.717, 1.165) is 22.5 Å². The van der Waals surface area contributed by atoms with E-state index in [0.29, 0.717) is 12.0 Å². The number of piperidine rings is 3. The van der Waals surface area contributed by atoms with Gasteiger partial charge in [-0.15, -0.1) is 11.3 Å². The van der Waals surface area contributed by atoms with Crippen molar-refractivity contribution < 1.29 is 4.79 Å². The molecule has 1 amide bonds. The maximum Gasteiger partial charge on any atom is 0.261 e. The van der Waals surface area contributed by atoms with Crippen LogP contribution in [-0.2, 0) is 0 Å². The molecule has 5 heterocycles. The first-order valence-corrected chi connectivity index (χ1v) is 8.70. The van der Waals surface area contributed by atoms with Crippen molar-refractivity contribution in [2.75, 3.05) is 19.6 Å². The monoisotopic (exact) mass is 313 g/mol. The minimum Gasteiger partial charge on any atom is -0.347 e. The van der Waals surface area contributed by atoms with Crippen LogP contribution in [-0.4, -0.2) is 41.5 Å².